The van der Waals surface area contributed by atoms with Crippen LogP contribution < -0.4 is 14.8 Å². The number of nitriles is 1. The lowest BCUT2D eigenvalue weighted by molar-refractivity contribution is -0.118. The highest BCUT2D eigenvalue weighted by Crippen LogP contribution is 2.27. The highest BCUT2D eigenvalue weighted by atomic mass is 16.5. The maximum Gasteiger partial charge on any atom is 0.262 e. The van der Waals surface area contributed by atoms with Gasteiger partial charge in [0.05, 0.1) is 18.7 Å². The molecule has 7 heteroatoms. The molecule has 0 saturated carbocycles. The summed E-state index contributed by atoms with van der Waals surface area (Å²) in [6, 6.07) is 13.4. The van der Waals surface area contributed by atoms with Crippen molar-refractivity contribution in [2.24, 2.45) is 0 Å². The molecule has 2 rings (SSSR count). The smallest absolute Gasteiger partial charge is 0.262 e. The lowest BCUT2D eigenvalue weighted by Crippen LogP contribution is -2.30. The Bertz CT molecular complexity index is 868. The van der Waals surface area contributed by atoms with Gasteiger partial charge in [0.15, 0.2) is 18.1 Å². The number of ether oxygens (including phenoxy) is 2. The van der Waals surface area contributed by atoms with Crippen molar-refractivity contribution in [3.63, 3.8) is 0 Å². The molecule has 28 heavy (non-hydrogen) atoms. The van der Waals surface area contributed by atoms with Gasteiger partial charge in [-0.25, -0.2) is 0 Å². The molecule has 2 amide bonds. The topological polar surface area (TPSA) is 91.7 Å². The normalized spacial score (nSPS) is 9.93. The predicted molar refractivity (Wildman–Crippen MR) is 106 cm³/mol. The third-order valence-corrected chi connectivity index (χ3v) is 4.12. The summed E-state index contributed by atoms with van der Waals surface area (Å²) in [7, 11) is 1.46. The number of nitrogens with one attached hydrogen (secondary N) is 1. The third kappa shape index (κ3) is 5.24. The summed E-state index contributed by atoms with van der Waals surface area (Å²) < 4.78 is 10.6. The van der Waals surface area contributed by atoms with E-state index in [2.05, 4.69) is 5.32 Å². The zero-order valence-electron chi connectivity index (χ0n) is 16.2. The van der Waals surface area contributed by atoms with Gasteiger partial charge in [0.25, 0.3) is 11.8 Å². The molecule has 0 aliphatic carbocycles. The van der Waals surface area contributed by atoms with Crippen LogP contribution in [-0.2, 0) is 4.79 Å². The highest BCUT2D eigenvalue weighted by Gasteiger charge is 2.13. The first kappa shape index (κ1) is 20.8. The summed E-state index contributed by atoms with van der Waals surface area (Å²) in [5.41, 5.74) is 1.57. The summed E-state index contributed by atoms with van der Waals surface area (Å²) in [4.78, 5) is 26.1. The van der Waals surface area contributed by atoms with Crippen molar-refractivity contribution in [2.45, 2.75) is 13.8 Å². The molecule has 7 nitrogen and oxygen atoms in total. The summed E-state index contributed by atoms with van der Waals surface area (Å²) in [6.45, 7) is 4.92. The lowest BCUT2D eigenvalue weighted by atomic mass is 10.2. The molecular formula is C21H23N3O4. The molecule has 146 valence electrons. The molecule has 0 heterocycles. The molecule has 0 atom stereocenters. The zero-order valence-corrected chi connectivity index (χ0v) is 16.2. The van der Waals surface area contributed by atoms with Gasteiger partial charge >= 0.3 is 0 Å². The van der Waals surface area contributed by atoms with E-state index in [1.807, 2.05) is 19.9 Å². The highest BCUT2D eigenvalue weighted by molar-refractivity contribution is 5.96. The van der Waals surface area contributed by atoms with Gasteiger partial charge in [0, 0.05) is 30.4 Å². The van der Waals surface area contributed by atoms with Crippen LogP contribution in [-0.4, -0.2) is 43.5 Å². The number of anilines is 1. The van der Waals surface area contributed by atoms with E-state index >= 15 is 0 Å². The van der Waals surface area contributed by atoms with Gasteiger partial charge < -0.3 is 19.7 Å². The SMILES string of the molecule is CCN(CC)C(=O)c1ccc(NC(=O)COc2ccc(C#N)cc2OC)cc1. The molecular weight excluding hydrogens is 358 g/mol. The number of carbonyl (C=O) groups is 2. The molecule has 0 unspecified atom stereocenters. The number of nitrogens with zero attached hydrogens (tertiary/aromatic N) is 2. The van der Waals surface area contributed by atoms with Crippen molar-refractivity contribution < 1.29 is 19.1 Å². The van der Waals surface area contributed by atoms with Crippen LogP contribution in [0.5, 0.6) is 11.5 Å². The number of hydrogen-bond donors (Lipinski definition) is 1. The first-order valence-electron chi connectivity index (χ1n) is 8.92. The molecule has 0 saturated heterocycles. The third-order valence-electron chi connectivity index (χ3n) is 4.12. The van der Waals surface area contributed by atoms with Crippen LogP contribution in [0.4, 0.5) is 5.69 Å². The number of benzene rings is 2. The van der Waals surface area contributed by atoms with Crippen molar-refractivity contribution in [1.29, 1.82) is 5.26 Å². The minimum absolute atomic E-state index is 0.0425. The van der Waals surface area contributed by atoms with Crippen LogP contribution in [0.15, 0.2) is 42.5 Å². The Kier molecular flexibility index (Phi) is 7.40. The minimum atomic E-state index is -0.353. The molecule has 0 radical (unpaired) electrons. The second-order valence-electron chi connectivity index (χ2n) is 5.87. The van der Waals surface area contributed by atoms with E-state index in [1.165, 1.54) is 7.11 Å². The quantitative estimate of drug-likeness (QED) is 0.759. The monoisotopic (exact) mass is 381 g/mol. The van der Waals surface area contributed by atoms with Crippen molar-refractivity contribution in [3.05, 3.63) is 53.6 Å². The number of hydrogen-bond acceptors (Lipinski definition) is 5. The van der Waals surface area contributed by atoms with Gasteiger partial charge in [-0.15, -0.1) is 0 Å². The molecule has 2 aromatic rings. The van der Waals surface area contributed by atoms with E-state index < -0.39 is 0 Å². The molecule has 0 aromatic heterocycles. The number of amides is 2. The fourth-order valence-corrected chi connectivity index (χ4v) is 2.59. The summed E-state index contributed by atoms with van der Waals surface area (Å²) in [5.74, 6) is 0.358. The Hall–Kier alpha value is -3.53. The number of rotatable bonds is 8. The average Bonchev–Trinajstić information content (AvgIpc) is 2.73. The molecule has 2 aromatic carbocycles. The van der Waals surface area contributed by atoms with E-state index in [0.29, 0.717) is 41.4 Å². The Morgan fingerprint density at radius 1 is 1.07 bits per heavy atom. The number of carbonyl (C=O) groups excluding carboxylic acids is 2. The van der Waals surface area contributed by atoms with E-state index in [4.69, 9.17) is 14.7 Å². The van der Waals surface area contributed by atoms with E-state index in [1.54, 1.807) is 47.4 Å². The van der Waals surface area contributed by atoms with Gasteiger partial charge in [0.1, 0.15) is 0 Å². The fourth-order valence-electron chi connectivity index (χ4n) is 2.59. The van der Waals surface area contributed by atoms with E-state index in [0.717, 1.165) is 0 Å². The van der Waals surface area contributed by atoms with Crippen LogP contribution in [0.25, 0.3) is 0 Å². The Labute approximate surface area is 164 Å². The number of methoxy groups -OCH3 is 1. The molecule has 0 fully saturated rings. The summed E-state index contributed by atoms with van der Waals surface area (Å²) in [6.07, 6.45) is 0. The van der Waals surface area contributed by atoms with Gasteiger partial charge in [-0.2, -0.15) is 5.26 Å². The average molecular weight is 381 g/mol. The Balaban J connectivity index is 1.95. The molecule has 0 bridgehead atoms. The largest absolute Gasteiger partial charge is 0.493 e. The standard InChI is InChI=1S/C21H23N3O4/c1-4-24(5-2)21(26)16-7-9-17(10-8-16)23-20(25)14-28-18-11-6-15(13-22)12-19(18)27-3/h6-12H,4-5,14H2,1-3H3,(H,23,25). The van der Waals surface area contributed by atoms with Crippen molar-refractivity contribution in [3.8, 4) is 17.6 Å². The minimum Gasteiger partial charge on any atom is -0.493 e. The van der Waals surface area contributed by atoms with Crippen LogP contribution >= 0.6 is 0 Å². The summed E-state index contributed by atoms with van der Waals surface area (Å²) in [5, 5.41) is 11.6. The van der Waals surface area contributed by atoms with Crippen molar-refractivity contribution >= 4 is 17.5 Å². The van der Waals surface area contributed by atoms with Crippen LogP contribution in [0, 0.1) is 11.3 Å². The first-order chi connectivity index (χ1) is 13.5. The fraction of sp³-hybridized carbons (Fsp3) is 0.286. The van der Waals surface area contributed by atoms with Gasteiger partial charge in [-0.1, -0.05) is 0 Å². The van der Waals surface area contributed by atoms with E-state index in [-0.39, 0.29) is 18.4 Å². The van der Waals surface area contributed by atoms with Crippen LogP contribution in [0.2, 0.25) is 0 Å². The van der Waals surface area contributed by atoms with Crippen LogP contribution in [0.1, 0.15) is 29.8 Å². The first-order valence-corrected chi connectivity index (χ1v) is 8.92. The Morgan fingerprint density at radius 2 is 1.75 bits per heavy atom. The van der Waals surface area contributed by atoms with Gasteiger partial charge in [0.2, 0.25) is 0 Å². The van der Waals surface area contributed by atoms with Crippen molar-refractivity contribution in [1.82, 2.24) is 4.90 Å². The predicted octanol–water partition coefficient (Wildman–Crippen LogP) is 3.07. The van der Waals surface area contributed by atoms with Crippen LogP contribution in [0.3, 0.4) is 0 Å². The zero-order chi connectivity index (χ0) is 20.5. The van der Waals surface area contributed by atoms with E-state index in [9.17, 15) is 9.59 Å². The van der Waals surface area contributed by atoms with Gasteiger partial charge in [-0.3, -0.25) is 9.59 Å². The second kappa shape index (κ2) is 9.97. The molecule has 1 N–H and O–H groups in total. The Morgan fingerprint density at radius 3 is 2.32 bits per heavy atom. The molecule has 0 aliphatic heterocycles. The maximum absolute atomic E-state index is 12.3. The second-order valence-corrected chi connectivity index (χ2v) is 5.87. The molecule has 0 spiro atoms. The lowest BCUT2D eigenvalue weighted by Gasteiger charge is -2.18. The van der Waals surface area contributed by atoms with Gasteiger partial charge in [-0.05, 0) is 50.2 Å². The van der Waals surface area contributed by atoms with Crippen molar-refractivity contribution in [2.75, 3.05) is 32.1 Å². The maximum atomic E-state index is 12.3. The summed E-state index contributed by atoms with van der Waals surface area (Å²) >= 11 is 0. The molecule has 0 aliphatic rings.